The van der Waals surface area contributed by atoms with Crippen molar-refractivity contribution in [1.82, 2.24) is 4.57 Å². The standard InChI is InChI=1S/C67H46N2/c1-5-18-47(19-6-1)48-32-34-49(35-33-48)51-20-17-27-57(44-51)68(56-39-36-50(37-40-56)52-38-43-66-62(45-52)61-29-14-16-31-65(61)69(66)55-25-11-4-12-26-55)58-41-42-60-59-28-13-15-30-63(59)67(64(60)46-58,53-21-7-2-8-22-53)54-23-9-3-10-24-54/h1-46H. The number of hydrogen-bond donors (Lipinski definition) is 0. The molecule has 0 atom stereocenters. The molecule has 1 heterocycles. The highest BCUT2D eigenvalue weighted by Gasteiger charge is 2.46. The molecular formula is C67H46N2. The summed E-state index contributed by atoms with van der Waals surface area (Å²) in [6.45, 7) is 0. The van der Waals surface area contributed by atoms with Gasteiger partial charge in [0.15, 0.2) is 0 Å². The summed E-state index contributed by atoms with van der Waals surface area (Å²) in [6, 6.07) is 102. The van der Waals surface area contributed by atoms with Crippen LogP contribution < -0.4 is 4.90 Å². The van der Waals surface area contributed by atoms with Crippen LogP contribution in [0.4, 0.5) is 17.1 Å². The zero-order valence-corrected chi connectivity index (χ0v) is 38.0. The van der Waals surface area contributed by atoms with E-state index in [4.69, 9.17) is 0 Å². The molecule has 2 heteroatoms. The van der Waals surface area contributed by atoms with E-state index in [2.05, 4.69) is 289 Å². The molecule has 324 valence electrons. The first-order valence-electron chi connectivity index (χ1n) is 23.8. The summed E-state index contributed by atoms with van der Waals surface area (Å²) in [4.78, 5) is 2.44. The molecule has 69 heavy (non-hydrogen) atoms. The molecule has 0 saturated carbocycles. The van der Waals surface area contributed by atoms with Crippen LogP contribution in [0.15, 0.2) is 279 Å². The predicted octanol–water partition coefficient (Wildman–Crippen LogP) is 17.6. The van der Waals surface area contributed by atoms with Crippen LogP contribution >= 0.6 is 0 Å². The fraction of sp³-hybridized carbons (Fsp3) is 0.0149. The fourth-order valence-corrected chi connectivity index (χ4v) is 11.1. The molecule has 1 aliphatic carbocycles. The summed E-state index contributed by atoms with van der Waals surface area (Å²) in [5.41, 5.74) is 21.0. The average Bonchev–Trinajstić information content (AvgIpc) is 3.92. The van der Waals surface area contributed by atoms with Gasteiger partial charge in [0, 0.05) is 33.5 Å². The highest BCUT2D eigenvalue weighted by molar-refractivity contribution is 6.10. The van der Waals surface area contributed by atoms with Gasteiger partial charge in [0.1, 0.15) is 0 Å². The number of hydrogen-bond acceptors (Lipinski definition) is 1. The third-order valence-electron chi connectivity index (χ3n) is 14.3. The monoisotopic (exact) mass is 878 g/mol. The van der Waals surface area contributed by atoms with Crippen molar-refractivity contribution in [1.29, 1.82) is 0 Å². The van der Waals surface area contributed by atoms with Gasteiger partial charge in [-0.1, -0.05) is 212 Å². The van der Waals surface area contributed by atoms with Gasteiger partial charge in [-0.2, -0.15) is 0 Å². The van der Waals surface area contributed by atoms with Crippen LogP contribution in [0.25, 0.3) is 72.0 Å². The van der Waals surface area contributed by atoms with Crippen LogP contribution in [0.5, 0.6) is 0 Å². The van der Waals surface area contributed by atoms with Gasteiger partial charge in [-0.3, -0.25) is 0 Å². The van der Waals surface area contributed by atoms with Gasteiger partial charge in [0.2, 0.25) is 0 Å². The highest BCUT2D eigenvalue weighted by atomic mass is 15.1. The summed E-state index contributed by atoms with van der Waals surface area (Å²) >= 11 is 0. The Morgan fingerprint density at radius 2 is 0.754 bits per heavy atom. The zero-order chi connectivity index (χ0) is 45.7. The molecule has 0 fully saturated rings. The molecule has 0 unspecified atom stereocenters. The van der Waals surface area contributed by atoms with E-state index in [0.717, 1.165) is 28.3 Å². The second kappa shape index (κ2) is 16.7. The lowest BCUT2D eigenvalue weighted by Gasteiger charge is -2.35. The maximum absolute atomic E-state index is 2.46. The van der Waals surface area contributed by atoms with Crippen molar-refractivity contribution in [2.75, 3.05) is 4.90 Å². The van der Waals surface area contributed by atoms with Gasteiger partial charge in [-0.05, 0) is 133 Å². The number of rotatable bonds is 9. The van der Waals surface area contributed by atoms with Crippen LogP contribution in [0.3, 0.4) is 0 Å². The van der Waals surface area contributed by atoms with Crippen molar-refractivity contribution < 1.29 is 0 Å². The number of benzene rings is 11. The van der Waals surface area contributed by atoms with Crippen LogP contribution in [0.1, 0.15) is 22.3 Å². The molecule has 11 aromatic carbocycles. The van der Waals surface area contributed by atoms with E-state index in [1.54, 1.807) is 0 Å². The van der Waals surface area contributed by atoms with Crippen molar-refractivity contribution in [3.63, 3.8) is 0 Å². The van der Waals surface area contributed by atoms with E-state index in [1.165, 1.54) is 83.0 Å². The van der Waals surface area contributed by atoms with Gasteiger partial charge in [0.05, 0.1) is 16.4 Å². The van der Waals surface area contributed by atoms with E-state index in [9.17, 15) is 0 Å². The van der Waals surface area contributed by atoms with Crippen molar-refractivity contribution in [2.24, 2.45) is 0 Å². The molecule has 12 aromatic rings. The van der Waals surface area contributed by atoms with Crippen molar-refractivity contribution in [3.8, 4) is 50.2 Å². The largest absolute Gasteiger partial charge is 0.310 e. The number of para-hydroxylation sites is 2. The number of aromatic nitrogens is 1. The lowest BCUT2D eigenvalue weighted by Crippen LogP contribution is -2.28. The van der Waals surface area contributed by atoms with Crippen LogP contribution in [0.2, 0.25) is 0 Å². The van der Waals surface area contributed by atoms with Crippen molar-refractivity contribution >= 4 is 38.9 Å². The van der Waals surface area contributed by atoms with Crippen molar-refractivity contribution in [3.05, 3.63) is 301 Å². The first kappa shape index (κ1) is 40.3. The van der Waals surface area contributed by atoms with Crippen LogP contribution in [0, 0.1) is 0 Å². The first-order valence-corrected chi connectivity index (χ1v) is 23.8. The Hall–Kier alpha value is -8.98. The third kappa shape index (κ3) is 6.72. The normalized spacial score (nSPS) is 12.5. The molecule has 0 aliphatic heterocycles. The summed E-state index contributed by atoms with van der Waals surface area (Å²) in [6.07, 6.45) is 0. The minimum absolute atomic E-state index is 0.523. The first-order chi connectivity index (χ1) is 34.2. The molecule has 0 spiro atoms. The molecule has 0 N–H and O–H groups in total. The van der Waals surface area contributed by atoms with E-state index >= 15 is 0 Å². The molecule has 2 nitrogen and oxygen atoms in total. The minimum atomic E-state index is -0.523. The summed E-state index contributed by atoms with van der Waals surface area (Å²) < 4.78 is 2.38. The zero-order valence-electron chi connectivity index (χ0n) is 38.0. The van der Waals surface area contributed by atoms with E-state index < -0.39 is 5.41 Å². The Labute approximate surface area is 403 Å². The lowest BCUT2D eigenvalue weighted by molar-refractivity contribution is 0.768. The molecule has 1 aromatic heterocycles. The highest BCUT2D eigenvalue weighted by Crippen LogP contribution is 2.57. The Morgan fingerprint density at radius 1 is 0.275 bits per heavy atom. The molecule has 0 radical (unpaired) electrons. The lowest BCUT2D eigenvalue weighted by atomic mass is 9.67. The maximum Gasteiger partial charge on any atom is 0.0714 e. The smallest absolute Gasteiger partial charge is 0.0714 e. The number of anilines is 3. The van der Waals surface area contributed by atoms with Gasteiger partial charge in [-0.15, -0.1) is 0 Å². The molecule has 0 amide bonds. The fourth-order valence-electron chi connectivity index (χ4n) is 11.1. The molecule has 13 rings (SSSR count). The average molecular weight is 879 g/mol. The van der Waals surface area contributed by atoms with E-state index in [-0.39, 0.29) is 0 Å². The minimum Gasteiger partial charge on any atom is -0.310 e. The summed E-state index contributed by atoms with van der Waals surface area (Å²) in [7, 11) is 0. The predicted molar refractivity (Wildman–Crippen MR) is 289 cm³/mol. The molecular weight excluding hydrogens is 833 g/mol. The quantitative estimate of drug-likeness (QED) is 0.140. The number of fused-ring (bicyclic) bond motifs is 6. The van der Waals surface area contributed by atoms with E-state index in [1.807, 2.05) is 0 Å². The number of nitrogens with zero attached hydrogens (tertiary/aromatic N) is 2. The Bertz CT molecular complexity index is 3760. The summed E-state index contributed by atoms with van der Waals surface area (Å²) in [5.74, 6) is 0. The Morgan fingerprint density at radius 3 is 1.46 bits per heavy atom. The van der Waals surface area contributed by atoms with Crippen molar-refractivity contribution in [2.45, 2.75) is 5.41 Å². The van der Waals surface area contributed by atoms with Gasteiger partial charge in [-0.25, -0.2) is 0 Å². The second-order valence-corrected chi connectivity index (χ2v) is 18.1. The molecule has 0 saturated heterocycles. The third-order valence-corrected chi connectivity index (χ3v) is 14.3. The van der Waals surface area contributed by atoms with Gasteiger partial charge < -0.3 is 9.47 Å². The van der Waals surface area contributed by atoms with E-state index in [0.29, 0.717) is 0 Å². The topological polar surface area (TPSA) is 8.17 Å². The van der Waals surface area contributed by atoms with Gasteiger partial charge in [0.25, 0.3) is 0 Å². The SMILES string of the molecule is c1ccc(-c2ccc(-c3cccc(N(c4ccc(-c5ccc6c(c5)c5ccccc5n6-c5ccccc5)cc4)c4ccc5c(c4)C(c4ccccc4)(c4ccccc4)c4ccccc4-5)c3)cc2)cc1. The maximum atomic E-state index is 2.46. The van der Waals surface area contributed by atoms with Gasteiger partial charge >= 0.3 is 0 Å². The Kier molecular flexibility index (Phi) is 9.77. The molecule has 0 bridgehead atoms. The van der Waals surface area contributed by atoms with Crippen LogP contribution in [-0.2, 0) is 5.41 Å². The van der Waals surface area contributed by atoms with Crippen LogP contribution in [-0.4, -0.2) is 4.57 Å². The second-order valence-electron chi connectivity index (χ2n) is 18.1. The molecule has 1 aliphatic rings. The summed E-state index contributed by atoms with van der Waals surface area (Å²) in [5, 5.41) is 2.49. The Balaban J connectivity index is 0.967.